The summed E-state index contributed by atoms with van der Waals surface area (Å²) in [6.45, 7) is 8.12. The Hall–Kier alpha value is -1.11. The first-order valence-electron chi connectivity index (χ1n) is 6.94. The van der Waals surface area contributed by atoms with Crippen molar-refractivity contribution in [2.45, 2.75) is 59.8 Å². The molecule has 0 radical (unpaired) electrons. The van der Waals surface area contributed by atoms with E-state index in [1.165, 1.54) is 11.1 Å². The lowest BCUT2D eigenvalue weighted by molar-refractivity contribution is -0.123. The number of ketones is 1. The van der Waals surface area contributed by atoms with Crippen molar-refractivity contribution in [3.05, 3.63) is 35.5 Å². The molecule has 0 aromatic carbocycles. The molecule has 18 heavy (non-hydrogen) atoms. The Morgan fingerprint density at radius 3 is 2.50 bits per heavy atom. The molecule has 0 N–H and O–H groups in total. The lowest BCUT2D eigenvalue weighted by Gasteiger charge is -2.23. The first-order chi connectivity index (χ1) is 8.44. The van der Waals surface area contributed by atoms with E-state index in [1.807, 2.05) is 0 Å². The molecular formula is C17H26O. The van der Waals surface area contributed by atoms with Crippen LogP contribution in [-0.2, 0) is 4.79 Å². The highest BCUT2D eigenvalue weighted by Crippen LogP contribution is 2.29. The Morgan fingerprint density at radius 1 is 1.17 bits per heavy atom. The molecule has 1 unspecified atom stereocenters. The van der Waals surface area contributed by atoms with Crippen molar-refractivity contribution >= 4 is 5.78 Å². The zero-order chi connectivity index (χ0) is 13.6. The molecule has 100 valence electrons. The third-order valence-electron chi connectivity index (χ3n) is 3.96. The van der Waals surface area contributed by atoms with Crippen molar-refractivity contribution in [3.63, 3.8) is 0 Å². The maximum atomic E-state index is 11.8. The highest BCUT2D eigenvalue weighted by molar-refractivity contribution is 5.83. The maximum absolute atomic E-state index is 11.8. The van der Waals surface area contributed by atoms with Crippen LogP contribution in [0.5, 0.6) is 0 Å². The molecule has 0 heterocycles. The summed E-state index contributed by atoms with van der Waals surface area (Å²) in [5, 5.41) is 0. The van der Waals surface area contributed by atoms with Crippen molar-refractivity contribution in [2.24, 2.45) is 5.41 Å². The van der Waals surface area contributed by atoms with E-state index in [-0.39, 0.29) is 11.2 Å². The molecule has 1 aliphatic rings. The van der Waals surface area contributed by atoms with Gasteiger partial charge in [0.2, 0.25) is 0 Å². The van der Waals surface area contributed by atoms with Gasteiger partial charge in [-0.1, -0.05) is 35.5 Å². The minimum atomic E-state index is -0.296. The van der Waals surface area contributed by atoms with Crippen LogP contribution >= 0.6 is 0 Å². The van der Waals surface area contributed by atoms with Crippen LogP contribution < -0.4 is 0 Å². The number of hydrogen-bond acceptors (Lipinski definition) is 1. The topological polar surface area (TPSA) is 17.1 Å². The predicted molar refractivity (Wildman–Crippen MR) is 78.5 cm³/mol. The minimum absolute atomic E-state index is 0.268. The number of allylic oxidation sites excluding steroid dienone is 6. The SMILES string of the molecule is CC(=O)C1(C)C=CCC=C(C)CCC=C(C)CC1. The molecule has 1 rings (SSSR count). The molecule has 0 fully saturated rings. The molecule has 0 amide bonds. The van der Waals surface area contributed by atoms with Gasteiger partial charge in [-0.05, 0) is 59.8 Å². The molecule has 1 heteroatoms. The minimum Gasteiger partial charge on any atom is -0.299 e. The van der Waals surface area contributed by atoms with Gasteiger partial charge in [-0.3, -0.25) is 4.79 Å². The van der Waals surface area contributed by atoms with Gasteiger partial charge >= 0.3 is 0 Å². The van der Waals surface area contributed by atoms with Crippen LogP contribution in [-0.4, -0.2) is 5.78 Å². The fourth-order valence-electron chi connectivity index (χ4n) is 2.18. The largest absolute Gasteiger partial charge is 0.299 e. The zero-order valence-corrected chi connectivity index (χ0v) is 12.3. The van der Waals surface area contributed by atoms with E-state index in [1.54, 1.807) is 6.92 Å². The third kappa shape index (κ3) is 4.64. The van der Waals surface area contributed by atoms with E-state index >= 15 is 0 Å². The smallest absolute Gasteiger partial charge is 0.139 e. The molecule has 1 atom stereocenters. The van der Waals surface area contributed by atoms with Gasteiger partial charge in [0.05, 0.1) is 0 Å². The summed E-state index contributed by atoms with van der Waals surface area (Å²) in [5.74, 6) is 0.268. The van der Waals surface area contributed by atoms with Gasteiger partial charge in [0.15, 0.2) is 0 Å². The van der Waals surface area contributed by atoms with Crippen molar-refractivity contribution in [1.82, 2.24) is 0 Å². The van der Waals surface area contributed by atoms with Gasteiger partial charge in [0.1, 0.15) is 5.78 Å². The summed E-state index contributed by atoms with van der Waals surface area (Å²) in [7, 11) is 0. The standard InChI is InChI=1S/C17H26O/c1-14-8-5-6-12-17(4,16(3)18)13-11-15(2)10-7-9-14/h6,8,10,12H,5,7,9,11,13H2,1-4H3. The number of carbonyl (C=O) groups excluding carboxylic acids is 1. The van der Waals surface area contributed by atoms with Crippen molar-refractivity contribution < 1.29 is 4.79 Å². The molecule has 1 aliphatic carbocycles. The summed E-state index contributed by atoms with van der Waals surface area (Å²) in [6.07, 6.45) is 14.0. The van der Waals surface area contributed by atoms with E-state index in [9.17, 15) is 4.79 Å². The van der Waals surface area contributed by atoms with Crippen LogP contribution in [0.4, 0.5) is 0 Å². The Balaban J connectivity index is 2.91. The van der Waals surface area contributed by atoms with Crippen LogP contribution in [0.1, 0.15) is 59.8 Å². The van der Waals surface area contributed by atoms with E-state index in [0.29, 0.717) is 0 Å². The number of rotatable bonds is 1. The van der Waals surface area contributed by atoms with E-state index in [4.69, 9.17) is 0 Å². The predicted octanol–water partition coefficient (Wildman–Crippen LogP) is 4.99. The third-order valence-corrected chi connectivity index (χ3v) is 3.96. The maximum Gasteiger partial charge on any atom is 0.139 e. The Bertz CT molecular complexity index is 384. The van der Waals surface area contributed by atoms with Crippen molar-refractivity contribution in [1.29, 1.82) is 0 Å². The Morgan fingerprint density at radius 2 is 1.83 bits per heavy atom. The quantitative estimate of drug-likeness (QED) is 0.595. The van der Waals surface area contributed by atoms with E-state index in [0.717, 1.165) is 32.1 Å². The highest BCUT2D eigenvalue weighted by atomic mass is 16.1. The van der Waals surface area contributed by atoms with E-state index in [2.05, 4.69) is 45.1 Å². The molecule has 0 saturated heterocycles. The first kappa shape index (κ1) is 14.9. The number of Topliss-reactive ketones (excluding diaryl/α,β-unsaturated/α-hetero) is 1. The summed E-state index contributed by atoms with van der Waals surface area (Å²) in [6, 6.07) is 0. The molecule has 0 bridgehead atoms. The van der Waals surface area contributed by atoms with Gasteiger partial charge in [-0.2, -0.15) is 0 Å². The van der Waals surface area contributed by atoms with Crippen molar-refractivity contribution in [3.8, 4) is 0 Å². The summed E-state index contributed by atoms with van der Waals surface area (Å²) in [4.78, 5) is 11.8. The van der Waals surface area contributed by atoms with Crippen LogP contribution in [0, 0.1) is 5.41 Å². The summed E-state index contributed by atoms with van der Waals surface area (Å²) < 4.78 is 0. The van der Waals surface area contributed by atoms with Crippen LogP contribution in [0.3, 0.4) is 0 Å². The van der Waals surface area contributed by atoms with Gasteiger partial charge in [0.25, 0.3) is 0 Å². The van der Waals surface area contributed by atoms with Gasteiger partial charge in [0, 0.05) is 5.41 Å². The van der Waals surface area contributed by atoms with Crippen LogP contribution in [0.25, 0.3) is 0 Å². The number of carbonyl (C=O) groups is 1. The number of hydrogen-bond donors (Lipinski definition) is 0. The summed E-state index contributed by atoms with van der Waals surface area (Å²) in [5.41, 5.74) is 2.55. The molecule has 0 saturated carbocycles. The van der Waals surface area contributed by atoms with E-state index < -0.39 is 0 Å². The fourth-order valence-corrected chi connectivity index (χ4v) is 2.18. The molecule has 0 aliphatic heterocycles. The van der Waals surface area contributed by atoms with Crippen LogP contribution in [0.15, 0.2) is 35.5 Å². The zero-order valence-electron chi connectivity index (χ0n) is 12.3. The Labute approximate surface area is 112 Å². The normalized spacial score (nSPS) is 26.7. The molecule has 1 nitrogen and oxygen atoms in total. The molecule has 0 aromatic rings. The molecule has 0 aromatic heterocycles. The Kier molecular flexibility index (Phi) is 5.58. The average molecular weight is 246 g/mol. The monoisotopic (exact) mass is 246 g/mol. The highest BCUT2D eigenvalue weighted by Gasteiger charge is 2.25. The van der Waals surface area contributed by atoms with Gasteiger partial charge in [-0.25, -0.2) is 0 Å². The van der Waals surface area contributed by atoms with Gasteiger partial charge < -0.3 is 0 Å². The molecular weight excluding hydrogens is 220 g/mol. The second kappa shape index (κ2) is 6.72. The van der Waals surface area contributed by atoms with Crippen LogP contribution in [0.2, 0.25) is 0 Å². The van der Waals surface area contributed by atoms with Gasteiger partial charge in [-0.15, -0.1) is 0 Å². The second-order valence-corrected chi connectivity index (χ2v) is 5.75. The molecule has 0 spiro atoms. The summed E-state index contributed by atoms with van der Waals surface area (Å²) >= 11 is 0. The van der Waals surface area contributed by atoms with Crippen molar-refractivity contribution in [2.75, 3.05) is 0 Å². The average Bonchev–Trinajstić information content (AvgIpc) is 2.30. The first-order valence-corrected chi connectivity index (χ1v) is 6.94. The lowest BCUT2D eigenvalue weighted by Crippen LogP contribution is -2.23. The second-order valence-electron chi connectivity index (χ2n) is 5.75. The lowest BCUT2D eigenvalue weighted by atomic mass is 9.80. The fraction of sp³-hybridized carbons (Fsp3) is 0.588.